The lowest BCUT2D eigenvalue weighted by Crippen LogP contribution is -2.51. The third kappa shape index (κ3) is 3.79. The van der Waals surface area contributed by atoms with Crippen LogP contribution in [0.1, 0.15) is 16.1 Å². The fraction of sp³-hybridized carbons (Fsp3) is 0.294. The van der Waals surface area contributed by atoms with Gasteiger partial charge in [-0.15, -0.1) is 0 Å². The zero-order chi connectivity index (χ0) is 17.1. The number of aryl methyl sites for hydroxylation is 1. The number of carbonyl (C=O) groups is 1. The predicted octanol–water partition coefficient (Wildman–Crippen LogP) is 3.51. The molecule has 0 atom stereocenters. The Morgan fingerprint density at radius 2 is 1.92 bits per heavy atom. The van der Waals surface area contributed by atoms with Crippen molar-refractivity contribution in [3.05, 3.63) is 52.4 Å². The Kier molecular flexibility index (Phi) is 5.20. The van der Waals surface area contributed by atoms with Gasteiger partial charge >= 0.3 is 0 Å². The Bertz CT molecular complexity index is 740. The number of piperazine rings is 1. The first-order valence-electron chi connectivity index (χ1n) is 7.69. The summed E-state index contributed by atoms with van der Waals surface area (Å²) in [5.41, 5.74) is 2.12. The molecular formula is C17H18BrN3O2S. The third-order valence-electron chi connectivity index (χ3n) is 4.00. The monoisotopic (exact) mass is 407 g/mol. The maximum absolute atomic E-state index is 12.3. The van der Waals surface area contributed by atoms with E-state index in [4.69, 9.17) is 16.6 Å². The molecule has 0 bridgehead atoms. The van der Waals surface area contributed by atoms with Gasteiger partial charge in [0.25, 0.3) is 5.91 Å². The van der Waals surface area contributed by atoms with Crippen LogP contribution in [0.25, 0.3) is 0 Å². The Labute approximate surface area is 154 Å². The number of carbonyl (C=O) groups excluding carboxylic acids is 1. The van der Waals surface area contributed by atoms with E-state index >= 15 is 0 Å². The predicted molar refractivity (Wildman–Crippen MR) is 101 cm³/mol. The summed E-state index contributed by atoms with van der Waals surface area (Å²) in [6, 6.07) is 9.45. The quantitative estimate of drug-likeness (QED) is 0.771. The number of rotatable bonds is 2. The molecule has 1 aliphatic heterocycles. The second-order valence-electron chi connectivity index (χ2n) is 5.65. The van der Waals surface area contributed by atoms with E-state index in [0.29, 0.717) is 37.1 Å². The van der Waals surface area contributed by atoms with Gasteiger partial charge in [-0.25, -0.2) is 0 Å². The average molecular weight is 408 g/mol. The molecule has 2 aromatic rings. The van der Waals surface area contributed by atoms with Crippen molar-refractivity contribution in [3.8, 4) is 0 Å². The molecule has 1 saturated heterocycles. The van der Waals surface area contributed by atoms with Crippen LogP contribution in [-0.2, 0) is 0 Å². The molecule has 0 unspecified atom stereocenters. The van der Waals surface area contributed by atoms with Crippen molar-refractivity contribution in [2.45, 2.75) is 6.92 Å². The van der Waals surface area contributed by atoms with Gasteiger partial charge in [0.1, 0.15) is 0 Å². The fourth-order valence-corrected chi connectivity index (χ4v) is 3.14. The minimum Gasteiger partial charge on any atom is -0.459 e. The van der Waals surface area contributed by atoms with E-state index in [1.807, 2.05) is 25.1 Å². The topological polar surface area (TPSA) is 48.7 Å². The number of nitrogens with zero attached hydrogens (tertiary/aromatic N) is 2. The van der Waals surface area contributed by atoms with Gasteiger partial charge < -0.3 is 19.5 Å². The van der Waals surface area contributed by atoms with E-state index in [0.717, 1.165) is 15.7 Å². The van der Waals surface area contributed by atoms with Crippen molar-refractivity contribution in [1.29, 1.82) is 0 Å². The number of benzene rings is 1. The first-order valence-corrected chi connectivity index (χ1v) is 8.89. The first kappa shape index (κ1) is 17.0. The maximum Gasteiger partial charge on any atom is 0.289 e. The van der Waals surface area contributed by atoms with Crippen molar-refractivity contribution in [1.82, 2.24) is 9.80 Å². The molecule has 126 valence electrons. The Morgan fingerprint density at radius 3 is 2.54 bits per heavy atom. The normalized spacial score (nSPS) is 14.6. The number of hydrogen-bond acceptors (Lipinski definition) is 3. The molecule has 1 aromatic heterocycles. The molecule has 0 aliphatic carbocycles. The lowest BCUT2D eigenvalue weighted by Gasteiger charge is -2.35. The zero-order valence-electron chi connectivity index (χ0n) is 13.3. The van der Waals surface area contributed by atoms with Crippen molar-refractivity contribution < 1.29 is 9.21 Å². The summed E-state index contributed by atoms with van der Waals surface area (Å²) in [4.78, 5) is 16.1. The van der Waals surface area contributed by atoms with E-state index in [-0.39, 0.29) is 5.91 Å². The van der Waals surface area contributed by atoms with Gasteiger partial charge in [-0.2, -0.15) is 0 Å². The van der Waals surface area contributed by atoms with E-state index in [1.54, 1.807) is 17.0 Å². The number of halogens is 1. The molecule has 1 fully saturated rings. The molecule has 1 aromatic carbocycles. The molecule has 1 amide bonds. The van der Waals surface area contributed by atoms with Crippen LogP contribution >= 0.6 is 28.1 Å². The number of nitrogens with one attached hydrogen (secondary N) is 1. The molecule has 3 rings (SSSR count). The van der Waals surface area contributed by atoms with Crippen LogP contribution in [0.3, 0.4) is 0 Å². The van der Waals surface area contributed by atoms with Crippen molar-refractivity contribution in [3.63, 3.8) is 0 Å². The fourth-order valence-electron chi connectivity index (χ4n) is 2.59. The molecule has 5 nitrogen and oxygen atoms in total. The molecule has 0 spiro atoms. The highest BCUT2D eigenvalue weighted by Gasteiger charge is 2.24. The van der Waals surface area contributed by atoms with E-state index < -0.39 is 0 Å². The molecular weight excluding hydrogens is 390 g/mol. The Morgan fingerprint density at radius 1 is 1.21 bits per heavy atom. The van der Waals surface area contributed by atoms with Crippen LogP contribution in [0.5, 0.6) is 0 Å². The molecule has 0 radical (unpaired) electrons. The molecule has 2 heterocycles. The summed E-state index contributed by atoms with van der Waals surface area (Å²) in [5.74, 6) is 0.316. The summed E-state index contributed by atoms with van der Waals surface area (Å²) >= 11 is 8.99. The second-order valence-corrected chi connectivity index (χ2v) is 6.89. The molecule has 24 heavy (non-hydrogen) atoms. The third-order valence-corrected chi connectivity index (χ3v) is 5.25. The zero-order valence-corrected chi connectivity index (χ0v) is 15.7. The number of amides is 1. The average Bonchev–Trinajstić information content (AvgIpc) is 3.12. The van der Waals surface area contributed by atoms with Crippen LogP contribution in [0.2, 0.25) is 0 Å². The highest BCUT2D eigenvalue weighted by Crippen LogP contribution is 2.20. The van der Waals surface area contributed by atoms with Gasteiger partial charge in [-0.3, -0.25) is 4.79 Å². The summed E-state index contributed by atoms with van der Waals surface area (Å²) in [6.45, 7) is 4.69. The SMILES string of the molecule is Cc1cc(NC(=S)N2CCN(C(=O)c3ccco3)CC2)ccc1Br. The minimum absolute atomic E-state index is 0.0675. The van der Waals surface area contributed by atoms with Crippen LogP contribution in [0.4, 0.5) is 5.69 Å². The summed E-state index contributed by atoms with van der Waals surface area (Å²) in [6.07, 6.45) is 1.52. The van der Waals surface area contributed by atoms with Gasteiger partial charge in [0.2, 0.25) is 0 Å². The van der Waals surface area contributed by atoms with Crippen LogP contribution in [0, 0.1) is 6.92 Å². The van der Waals surface area contributed by atoms with Crippen molar-refractivity contribution >= 4 is 44.9 Å². The van der Waals surface area contributed by atoms with Crippen molar-refractivity contribution in [2.75, 3.05) is 31.5 Å². The maximum atomic E-state index is 12.3. The Balaban J connectivity index is 1.55. The van der Waals surface area contributed by atoms with Gasteiger partial charge in [0, 0.05) is 36.3 Å². The van der Waals surface area contributed by atoms with Crippen LogP contribution < -0.4 is 5.32 Å². The van der Waals surface area contributed by atoms with Gasteiger partial charge in [-0.1, -0.05) is 15.9 Å². The van der Waals surface area contributed by atoms with E-state index in [2.05, 4.69) is 26.1 Å². The largest absolute Gasteiger partial charge is 0.459 e. The smallest absolute Gasteiger partial charge is 0.289 e. The molecule has 0 saturated carbocycles. The van der Waals surface area contributed by atoms with Crippen LogP contribution in [-0.4, -0.2) is 47.0 Å². The lowest BCUT2D eigenvalue weighted by atomic mass is 10.2. The van der Waals surface area contributed by atoms with Gasteiger partial charge in [0.05, 0.1) is 6.26 Å². The molecule has 7 heteroatoms. The highest BCUT2D eigenvalue weighted by molar-refractivity contribution is 9.10. The van der Waals surface area contributed by atoms with Gasteiger partial charge in [-0.05, 0) is 55.0 Å². The second kappa shape index (κ2) is 7.36. The number of furan rings is 1. The number of hydrogen-bond donors (Lipinski definition) is 1. The lowest BCUT2D eigenvalue weighted by molar-refractivity contribution is 0.0661. The standard InChI is InChI=1S/C17H18BrN3O2S/c1-12-11-13(4-5-14(12)18)19-17(24)21-8-6-20(7-9-21)16(22)15-3-2-10-23-15/h2-5,10-11H,6-9H2,1H3,(H,19,24). The van der Waals surface area contributed by atoms with Gasteiger partial charge in [0.15, 0.2) is 10.9 Å². The Hall–Kier alpha value is -1.86. The molecule has 1 aliphatic rings. The molecule has 1 N–H and O–H groups in total. The highest BCUT2D eigenvalue weighted by atomic mass is 79.9. The number of thiocarbonyl (C=S) groups is 1. The number of anilines is 1. The van der Waals surface area contributed by atoms with E-state index in [9.17, 15) is 4.79 Å². The summed E-state index contributed by atoms with van der Waals surface area (Å²) < 4.78 is 6.25. The van der Waals surface area contributed by atoms with Crippen molar-refractivity contribution in [2.24, 2.45) is 0 Å². The van der Waals surface area contributed by atoms with E-state index in [1.165, 1.54) is 6.26 Å². The summed E-state index contributed by atoms with van der Waals surface area (Å²) in [5, 5.41) is 3.95. The van der Waals surface area contributed by atoms with Crippen LogP contribution in [0.15, 0.2) is 45.5 Å². The first-order chi connectivity index (χ1) is 11.5. The minimum atomic E-state index is -0.0675. The summed E-state index contributed by atoms with van der Waals surface area (Å²) in [7, 11) is 0.